The van der Waals surface area contributed by atoms with Crippen molar-refractivity contribution in [3.63, 3.8) is 0 Å². The highest BCUT2D eigenvalue weighted by Gasteiger charge is 2.11. The van der Waals surface area contributed by atoms with Crippen molar-refractivity contribution >= 4 is 46.4 Å². The Labute approximate surface area is 125 Å². The number of hydrogen-bond donors (Lipinski definition) is 0. The Morgan fingerprint density at radius 3 is 2.15 bits per heavy atom. The summed E-state index contributed by atoms with van der Waals surface area (Å²) in [6.07, 6.45) is 5.92. The van der Waals surface area contributed by atoms with E-state index >= 15 is 0 Å². The van der Waals surface area contributed by atoms with Gasteiger partial charge in [0, 0.05) is 19.1 Å². The summed E-state index contributed by atoms with van der Waals surface area (Å²) in [4.78, 5) is 26.2. The Bertz CT molecular complexity index is 634. The van der Waals surface area contributed by atoms with Crippen molar-refractivity contribution < 1.29 is 14.3 Å². The van der Waals surface area contributed by atoms with E-state index in [1.165, 1.54) is 31.2 Å². The van der Waals surface area contributed by atoms with Crippen LogP contribution < -0.4 is 4.74 Å². The van der Waals surface area contributed by atoms with E-state index in [4.69, 9.17) is 27.9 Å². The molecule has 0 N–H and O–H groups in total. The number of aliphatic imine (C=N–C) groups is 1. The summed E-state index contributed by atoms with van der Waals surface area (Å²) in [6, 6.07) is 2.91. The molecule has 1 aliphatic rings. The topological polar surface area (TPSA) is 55.7 Å². The fraction of sp³-hybridized carbons (Fsp3) is 0.0714. The van der Waals surface area contributed by atoms with Gasteiger partial charge in [0.2, 0.25) is 0 Å². The van der Waals surface area contributed by atoms with Gasteiger partial charge in [0.15, 0.2) is 5.78 Å². The van der Waals surface area contributed by atoms with Crippen molar-refractivity contribution in [3.05, 3.63) is 46.5 Å². The molecule has 0 aliphatic heterocycles. The third-order valence-electron chi connectivity index (χ3n) is 2.33. The normalized spacial score (nSPS) is 13.6. The maximum atomic E-state index is 11.0. The van der Waals surface area contributed by atoms with Gasteiger partial charge >= 0.3 is 5.97 Å². The maximum absolute atomic E-state index is 11.0. The van der Waals surface area contributed by atoms with E-state index in [1.54, 1.807) is 12.2 Å². The monoisotopic (exact) mass is 309 g/mol. The molecular weight excluding hydrogens is 301 g/mol. The van der Waals surface area contributed by atoms with Gasteiger partial charge in [-0.15, -0.1) is 0 Å². The summed E-state index contributed by atoms with van der Waals surface area (Å²) in [5, 5.41) is 0.500. The van der Waals surface area contributed by atoms with Gasteiger partial charge in [-0.25, -0.2) is 4.99 Å². The van der Waals surface area contributed by atoms with Gasteiger partial charge in [-0.2, -0.15) is 0 Å². The van der Waals surface area contributed by atoms with Crippen LogP contribution in [0, 0.1) is 0 Å². The lowest BCUT2D eigenvalue weighted by atomic mass is 10.1. The highest BCUT2D eigenvalue weighted by molar-refractivity contribution is 6.39. The highest BCUT2D eigenvalue weighted by atomic mass is 35.5. The molecule has 1 aromatic rings. The molecule has 0 aromatic heterocycles. The largest absolute Gasteiger partial charge is 0.427 e. The van der Waals surface area contributed by atoms with Crippen molar-refractivity contribution in [2.24, 2.45) is 4.99 Å². The molecule has 0 unspecified atom stereocenters. The van der Waals surface area contributed by atoms with Gasteiger partial charge in [-0.1, -0.05) is 23.2 Å². The van der Waals surface area contributed by atoms with Crippen molar-refractivity contribution in [2.45, 2.75) is 6.92 Å². The minimum Gasteiger partial charge on any atom is -0.427 e. The number of nitrogens with zero attached hydrogens (tertiary/aromatic N) is 1. The first kappa shape index (κ1) is 14.5. The van der Waals surface area contributed by atoms with E-state index in [2.05, 4.69) is 4.99 Å². The molecule has 0 bridgehead atoms. The van der Waals surface area contributed by atoms with Crippen molar-refractivity contribution in [2.75, 3.05) is 0 Å². The SMILES string of the molecule is CC(=O)Oc1cc(Cl)c(N=C2C=CC(=O)C=C2)c(Cl)c1. The van der Waals surface area contributed by atoms with Crippen molar-refractivity contribution in [1.82, 2.24) is 0 Å². The molecular formula is C14H9Cl2NO3. The van der Waals surface area contributed by atoms with Crippen LogP contribution in [-0.4, -0.2) is 17.5 Å². The van der Waals surface area contributed by atoms with E-state index in [9.17, 15) is 9.59 Å². The smallest absolute Gasteiger partial charge is 0.308 e. The van der Waals surface area contributed by atoms with Crippen LogP contribution in [0.2, 0.25) is 10.0 Å². The fourth-order valence-corrected chi connectivity index (χ4v) is 2.08. The lowest BCUT2D eigenvalue weighted by Crippen LogP contribution is -2.01. The van der Waals surface area contributed by atoms with E-state index in [0.29, 0.717) is 11.4 Å². The third-order valence-corrected chi connectivity index (χ3v) is 2.91. The number of allylic oxidation sites excluding steroid dienone is 4. The van der Waals surface area contributed by atoms with E-state index in [0.717, 1.165) is 0 Å². The Kier molecular flexibility index (Phi) is 4.37. The van der Waals surface area contributed by atoms with Gasteiger partial charge in [0.1, 0.15) is 11.4 Å². The second-order valence-corrected chi connectivity index (χ2v) is 4.75. The lowest BCUT2D eigenvalue weighted by molar-refractivity contribution is -0.131. The molecule has 1 aromatic carbocycles. The molecule has 20 heavy (non-hydrogen) atoms. The first-order valence-corrected chi connectivity index (χ1v) is 6.37. The molecule has 0 saturated carbocycles. The van der Waals surface area contributed by atoms with Crippen LogP contribution in [0.5, 0.6) is 5.75 Å². The van der Waals surface area contributed by atoms with Crippen LogP contribution in [0.25, 0.3) is 0 Å². The van der Waals surface area contributed by atoms with Crippen molar-refractivity contribution in [3.8, 4) is 5.75 Å². The Hall–Kier alpha value is -1.91. The van der Waals surface area contributed by atoms with Gasteiger partial charge in [0.25, 0.3) is 0 Å². The van der Waals surface area contributed by atoms with Gasteiger partial charge in [0.05, 0.1) is 15.8 Å². The van der Waals surface area contributed by atoms with Crippen LogP contribution in [0.4, 0.5) is 5.69 Å². The average Bonchev–Trinajstić information content (AvgIpc) is 2.35. The quantitative estimate of drug-likeness (QED) is 0.475. The number of ether oxygens (including phenoxy) is 1. The molecule has 0 fully saturated rings. The second kappa shape index (κ2) is 6.03. The van der Waals surface area contributed by atoms with E-state index in [1.807, 2.05) is 0 Å². The summed E-state index contributed by atoms with van der Waals surface area (Å²) in [7, 11) is 0. The zero-order chi connectivity index (χ0) is 14.7. The molecule has 102 valence electrons. The Balaban J connectivity index is 2.36. The highest BCUT2D eigenvalue weighted by Crippen LogP contribution is 2.37. The van der Waals surface area contributed by atoms with Crippen LogP contribution in [0.15, 0.2) is 41.4 Å². The van der Waals surface area contributed by atoms with Crippen LogP contribution in [0.3, 0.4) is 0 Å². The Morgan fingerprint density at radius 2 is 1.65 bits per heavy atom. The molecule has 4 nitrogen and oxygen atoms in total. The standard InChI is InChI=1S/C14H9Cl2NO3/c1-8(18)20-11-6-12(15)14(13(16)7-11)17-9-2-4-10(19)5-3-9/h2-7H,1H3. The first-order valence-electron chi connectivity index (χ1n) is 5.62. The maximum Gasteiger partial charge on any atom is 0.308 e. The molecule has 6 heteroatoms. The molecule has 0 radical (unpaired) electrons. The average molecular weight is 310 g/mol. The molecule has 1 aliphatic carbocycles. The number of ketones is 1. The third kappa shape index (κ3) is 3.56. The summed E-state index contributed by atoms with van der Waals surface area (Å²) < 4.78 is 4.91. The zero-order valence-electron chi connectivity index (χ0n) is 10.4. The van der Waals surface area contributed by atoms with Gasteiger partial charge < -0.3 is 4.74 Å². The number of esters is 1. The number of hydrogen-bond acceptors (Lipinski definition) is 4. The minimum absolute atomic E-state index is 0.105. The first-order chi connectivity index (χ1) is 9.45. The van der Waals surface area contributed by atoms with E-state index < -0.39 is 5.97 Å². The van der Waals surface area contributed by atoms with Crippen LogP contribution in [-0.2, 0) is 9.59 Å². The fourth-order valence-electron chi connectivity index (χ4n) is 1.52. The summed E-state index contributed by atoms with van der Waals surface area (Å²) in [5.41, 5.74) is 0.900. The molecule has 0 saturated heterocycles. The number of benzene rings is 1. The van der Waals surface area contributed by atoms with Crippen LogP contribution >= 0.6 is 23.2 Å². The molecule has 0 atom stereocenters. The number of carbonyl (C=O) groups excluding carboxylic acids is 2. The lowest BCUT2D eigenvalue weighted by Gasteiger charge is -2.07. The summed E-state index contributed by atoms with van der Waals surface area (Å²) in [5.74, 6) is -0.319. The number of halogens is 2. The molecule has 2 rings (SSSR count). The molecule has 0 heterocycles. The zero-order valence-corrected chi connectivity index (χ0v) is 11.9. The van der Waals surface area contributed by atoms with Crippen molar-refractivity contribution in [1.29, 1.82) is 0 Å². The predicted octanol–water partition coefficient (Wildman–Crippen LogP) is 3.69. The molecule has 0 spiro atoms. The minimum atomic E-state index is -0.465. The second-order valence-electron chi connectivity index (χ2n) is 3.93. The number of carbonyl (C=O) groups is 2. The summed E-state index contributed by atoms with van der Waals surface area (Å²) >= 11 is 12.1. The van der Waals surface area contributed by atoms with Gasteiger partial charge in [-0.3, -0.25) is 9.59 Å². The van der Waals surface area contributed by atoms with E-state index in [-0.39, 0.29) is 21.6 Å². The number of rotatable bonds is 2. The Morgan fingerprint density at radius 1 is 1.10 bits per heavy atom. The summed E-state index contributed by atoms with van der Waals surface area (Å²) in [6.45, 7) is 1.28. The van der Waals surface area contributed by atoms with Gasteiger partial charge in [-0.05, 0) is 24.3 Å². The predicted molar refractivity (Wildman–Crippen MR) is 78.2 cm³/mol. The molecule has 0 amide bonds. The van der Waals surface area contributed by atoms with Crippen LogP contribution in [0.1, 0.15) is 6.92 Å².